The van der Waals surface area contributed by atoms with Crippen molar-refractivity contribution in [2.24, 2.45) is 11.8 Å². The molecule has 0 unspecified atom stereocenters. The topological polar surface area (TPSA) is 78.9 Å². The summed E-state index contributed by atoms with van der Waals surface area (Å²) in [5.41, 5.74) is 0. The number of esters is 3. The Labute approximate surface area is 431 Å². The minimum absolute atomic E-state index is 0.0622. The molecule has 0 radical (unpaired) electrons. The highest BCUT2D eigenvalue weighted by atomic mass is 16.6. The van der Waals surface area contributed by atoms with Gasteiger partial charge in [-0.1, -0.05) is 317 Å². The van der Waals surface area contributed by atoms with Crippen molar-refractivity contribution >= 4 is 17.9 Å². The summed E-state index contributed by atoms with van der Waals surface area (Å²) in [6, 6.07) is 0. The molecule has 0 heterocycles. The number of rotatable bonds is 57. The SMILES string of the molecule is CCCCCCCCCCCCCCCCCCCCCC(=O)O[C@@H](COC(=O)CCCCCCCCCCCCCCCCC(C)C)COC(=O)CCCCCCCCCCCCCCC(C)C. The van der Waals surface area contributed by atoms with Crippen molar-refractivity contribution in [2.45, 2.75) is 362 Å². The minimum Gasteiger partial charge on any atom is -0.462 e. The van der Waals surface area contributed by atoms with Crippen molar-refractivity contribution in [3.63, 3.8) is 0 Å². The predicted molar refractivity (Wildman–Crippen MR) is 298 cm³/mol. The summed E-state index contributed by atoms with van der Waals surface area (Å²) in [5, 5.41) is 0. The highest BCUT2D eigenvalue weighted by Gasteiger charge is 2.19. The van der Waals surface area contributed by atoms with Gasteiger partial charge in [-0.25, -0.2) is 0 Å². The van der Waals surface area contributed by atoms with E-state index in [1.165, 1.54) is 244 Å². The second kappa shape index (κ2) is 55.7. The maximum Gasteiger partial charge on any atom is 0.306 e. The van der Waals surface area contributed by atoms with Crippen LogP contribution in [-0.4, -0.2) is 37.2 Å². The van der Waals surface area contributed by atoms with Gasteiger partial charge in [-0.2, -0.15) is 0 Å². The van der Waals surface area contributed by atoms with Crippen LogP contribution < -0.4 is 0 Å². The summed E-state index contributed by atoms with van der Waals surface area (Å²) in [6.07, 6.45) is 61.0. The molecule has 410 valence electrons. The van der Waals surface area contributed by atoms with Gasteiger partial charge >= 0.3 is 17.9 Å². The van der Waals surface area contributed by atoms with Gasteiger partial charge in [0.15, 0.2) is 6.10 Å². The molecule has 0 spiro atoms. The highest BCUT2D eigenvalue weighted by molar-refractivity contribution is 5.71. The summed E-state index contributed by atoms with van der Waals surface area (Å²) < 4.78 is 16.9. The summed E-state index contributed by atoms with van der Waals surface area (Å²) in [7, 11) is 0. The van der Waals surface area contributed by atoms with Crippen LogP contribution in [0.1, 0.15) is 356 Å². The van der Waals surface area contributed by atoms with Gasteiger partial charge in [-0.15, -0.1) is 0 Å². The minimum atomic E-state index is -0.763. The molecule has 0 rings (SSSR count). The maximum absolute atomic E-state index is 12.9. The second-order valence-electron chi connectivity index (χ2n) is 22.6. The average molecular weight is 976 g/mol. The van der Waals surface area contributed by atoms with Crippen molar-refractivity contribution in [1.82, 2.24) is 0 Å². The first-order chi connectivity index (χ1) is 33.7. The van der Waals surface area contributed by atoms with Crippen LogP contribution in [0, 0.1) is 11.8 Å². The Hall–Kier alpha value is -1.59. The molecule has 0 aliphatic rings. The Morgan fingerprint density at radius 2 is 0.478 bits per heavy atom. The molecule has 0 aromatic heterocycles. The van der Waals surface area contributed by atoms with E-state index in [0.717, 1.165) is 69.6 Å². The van der Waals surface area contributed by atoms with E-state index < -0.39 is 6.10 Å². The molecular formula is C63H122O6. The van der Waals surface area contributed by atoms with E-state index in [1.54, 1.807) is 0 Å². The van der Waals surface area contributed by atoms with Crippen LogP contribution in [0.15, 0.2) is 0 Å². The van der Waals surface area contributed by atoms with E-state index in [9.17, 15) is 14.4 Å². The molecule has 0 aliphatic heterocycles. The number of carbonyl (C=O) groups excluding carboxylic acids is 3. The molecule has 0 saturated carbocycles. The molecule has 1 atom stereocenters. The molecule has 0 amide bonds. The molecule has 0 aromatic rings. The van der Waals surface area contributed by atoms with Crippen molar-refractivity contribution in [3.05, 3.63) is 0 Å². The van der Waals surface area contributed by atoms with Gasteiger partial charge in [0.05, 0.1) is 0 Å². The monoisotopic (exact) mass is 975 g/mol. The fraction of sp³-hybridized carbons (Fsp3) is 0.952. The standard InChI is InChI=1S/C63H122O6/c1-6-7-8-9-10-11-12-13-14-15-16-17-18-23-30-35-40-45-50-55-63(66)69-60(57-68-62(65)54-49-44-39-34-29-25-24-27-32-37-42-47-52-59(4)5)56-67-61(64)53-48-43-38-33-28-22-20-19-21-26-31-36-41-46-51-58(2)3/h58-60H,6-57H2,1-5H3/t60-/m0/s1. The highest BCUT2D eigenvalue weighted by Crippen LogP contribution is 2.19. The molecular weight excluding hydrogens is 853 g/mol. The molecule has 69 heavy (non-hydrogen) atoms. The zero-order valence-corrected chi connectivity index (χ0v) is 47.5. The Balaban J connectivity index is 4.29. The van der Waals surface area contributed by atoms with Gasteiger partial charge in [0.2, 0.25) is 0 Å². The Bertz CT molecular complexity index is 1060. The Morgan fingerprint density at radius 1 is 0.275 bits per heavy atom. The molecule has 0 aliphatic carbocycles. The molecule has 0 fully saturated rings. The molecule has 6 nitrogen and oxygen atoms in total. The van der Waals surface area contributed by atoms with E-state index >= 15 is 0 Å². The van der Waals surface area contributed by atoms with Crippen molar-refractivity contribution in [2.75, 3.05) is 13.2 Å². The third kappa shape index (κ3) is 57.2. The number of hydrogen-bond donors (Lipinski definition) is 0. The molecule has 0 saturated heterocycles. The first-order valence-electron chi connectivity index (χ1n) is 31.2. The second-order valence-corrected chi connectivity index (χ2v) is 22.6. The Morgan fingerprint density at radius 3 is 0.710 bits per heavy atom. The van der Waals surface area contributed by atoms with Crippen LogP contribution in [-0.2, 0) is 28.6 Å². The molecule has 0 aromatic carbocycles. The third-order valence-electron chi connectivity index (χ3n) is 14.5. The number of hydrogen-bond acceptors (Lipinski definition) is 6. The zero-order valence-electron chi connectivity index (χ0n) is 47.5. The lowest BCUT2D eigenvalue weighted by Crippen LogP contribution is -2.30. The number of unbranched alkanes of at least 4 members (excludes halogenated alkanes) is 42. The smallest absolute Gasteiger partial charge is 0.306 e. The lowest BCUT2D eigenvalue weighted by Gasteiger charge is -2.18. The predicted octanol–water partition coefficient (Wildman–Crippen LogP) is 20.8. The first kappa shape index (κ1) is 67.4. The third-order valence-corrected chi connectivity index (χ3v) is 14.5. The lowest BCUT2D eigenvalue weighted by molar-refractivity contribution is -0.167. The molecule has 0 N–H and O–H groups in total. The number of ether oxygens (including phenoxy) is 3. The van der Waals surface area contributed by atoms with E-state index in [1.807, 2.05) is 0 Å². The molecule has 0 bridgehead atoms. The van der Waals surface area contributed by atoms with E-state index in [0.29, 0.717) is 19.3 Å². The number of carbonyl (C=O) groups is 3. The van der Waals surface area contributed by atoms with Crippen LogP contribution in [0.4, 0.5) is 0 Å². The summed E-state index contributed by atoms with van der Waals surface area (Å²) in [4.78, 5) is 38.3. The van der Waals surface area contributed by atoms with E-state index in [-0.39, 0.29) is 31.1 Å². The van der Waals surface area contributed by atoms with Crippen molar-refractivity contribution < 1.29 is 28.6 Å². The van der Waals surface area contributed by atoms with Gasteiger partial charge in [0.1, 0.15) is 13.2 Å². The van der Waals surface area contributed by atoms with Crippen LogP contribution in [0.5, 0.6) is 0 Å². The van der Waals surface area contributed by atoms with Crippen LogP contribution >= 0.6 is 0 Å². The first-order valence-corrected chi connectivity index (χ1v) is 31.2. The summed E-state index contributed by atoms with van der Waals surface area (Å²) in [6.45, 7) is 11.4. The fourth-order valence-corrected chi connectivity index (χ4v) is 9.76. The fourth-order valence-electron chi connectivity index (χ4n) is 9.76. The lowest BCUT2D eigenvalue weighted by atomic mass is 10.0. The van der Waals surface area contributed by atoms with Crippen LogP contribution in [0.25, 0.3) is 0 Å². The van der Waals surface area contributed by atoms with Crippen molar-refractivity contribution in [3.8, 4) is 0 Å². The van der Waals surface area contributed by atoms with E-state index in [2.05, 4.69) is 34.6 Å². The normalized spacial score (nSPS) is 12.0. The zero-order chi connectivity index (χ0) is 50.4. The van der Waals surface area contributed by atoms with Crippen molar-refractivity contribution in [1.29, 1.82) is 0 Å². The summed E-state index contributed by atoms with van der Waals surface area (Å²) in [5.74, 6) is 0.845. The average Bonchev–Trinajstić information content (AvgIpc) is 3.32. The Kier molecular flexibility index (Phi) is 54.4. The molecule has 6 heteroatoms. The van der Waals surface area contributed by atoms with Gasteiger partial charge in [0.25, 0.3) is 0 Å². The summed E-state index contributed by atoms with van der Waals surface area (Å²) >= 11 is 0. The van der Waals surface area contributed by atoms with E-state index in [4.69, 9.17) is 14.2 Å². The van der Waals surface area contributed by atoms with Gasteiger partial charge in [0, 0.05) is 19.3 Å². The largest absolute Gasteiger partial charge is 0.462 e. The maximum atomic E-state index is 12.9. The van der Waals surface area contributed by atoms with Gasteiger partial charge in [-0.3, -0.25) is 14.4 Å². The van der Waals surface area contributed by atoms with Crippen LogP contribution in [0.3, 0.4) is 0 Å². The van der Waals surface area contributed by atoms with Gasteiger partial charge < -0.3 is 14.2 Å². The van der Waals surface area contributed by atoms with Crippen LogP contribution in [0.2, 0.25) is 0 Å². The quantitative estimate of drug-likeness (QED) is 0.0343. The van der Waals surface area contributed by atoms with Gasteiger partial charge in [-0.05, 0) is 31.1 Å².